The number of nitrogens with zero attached hydrogens (tertiary/aromatic N) is 6. The highest BCUT2D eigenvalue weighted by molar-refractivity contribution is 7.17. The van der Waals surface area contributed by atoms with Crippen molar-refractivity contribution in [1.82, 2.24) is 19.9 Å². The van der Waals surface area contributed by atoms with Crippen LogP contribution in [0.5, 0.6) is 0 Å². The molecule has 0 unspecified atom stereocenters. The van der Waals surface area contributed by atoms with E-state index in [1.165, 1.54) is 4.90 Å². The molecule has 10 heteroatoms. The van der Waals surface area contributed by atoms with Crippen molar-refractivity contribution in [2.75, 3.05) is 29.5 Å². The van der Waals surface area contributed by atoms with Gasteiger partial charge in [-0.3, -0.25) is 9.69 Å². The number of fused-ring (bicyclic) bond motifs is 1. The summed E-state index contributed by atoms with van der Waals surface area (Å²) in [6.45, 7) is 1.80. The molecule has 3 aromatic heterocycles. The Kier molecular flexibility index (Phi) is 4.44. The first-order valence-electron chi connectivity index (χ1n) is 9.25. The number of thiazole rings is 1. The number of halogens is 1. The molecule has 29 heavy (non-hydrogen) atoms. The van der Waals surface area contributed by atoms with Crippen LogP contribution in [-0.2, 0) is 6.54 Å². The summed E-state index contributed by atoms with van der Waals surface area (Å²) in [6, 6.07) is 5.10. The second kappa shape index (κ2) is 7.12. The molecule has 8 nitrogen and oxygen atoms in total. The van der Waals surface area contributed by atoms with Gasteiger partial charge in [-0.25, -0.2) is 19.9 Å². The third kappa shape index (κ3) is 3.14. The normalized spacial score (nSPS) is 18.6. The van der Waals surface area contributed by atoms with Crippen LogP contribution in [0.2, 0.25) is 0 Å². The maximum absolute atomic E-state index is 14.7. The molecule has 148 valence electrons. The summed E-state index contributed by atoms with van der Waals surface area (Å²) in [5.74, 6) is 0.233. The Morgan fingerprint density at radius 2 is 2.07 bits per heavy atom. The summed E-state index contributed by atoms with van der Waals surface area (Å²) >= 11 is 1.15. The molecule has 0 spiro atoms. The van der Waals surface area contributed by atoms with Crippen LogP contribution in [-0.4, -0.2) is 50.6 Å². The van der Waals surface area contributed by atoms with Gasteiger partial charge in [-0.2, -0.15) is 4.39 Å². The van der Waals surface area contributed by atoms with E-state index in [1.54, 1.807) is 30.6 Å². The van der Waals surface area contributed by atoms with Gasteiger partial charge in [-0.1, -0.05) is 0 Å². The Hall–Kier alpha value is -2.98. The fourth-order valence-corrected chi connectivity index (χ4v) is 4.66. The zero-order valence-corrected chi connectivity index (χ0v) is 16.1. The standard InChI is InChI=1S/C19H17FN6O2S/c20-16-12(2-3-14(24-16)25-7-4-11(8-25)10-27)17-23-13-9-26(18(28)15(13)29-17)19-21-5-1-6-22-19/h1-3,5-6,11,27H,4,7-10H2/t11-/m0/s1. The molecule has 2 aliphatic heterocycles. The number of aliphatic hydroxyl groups excluding tert-OH is 1. The van der Waals surface area contributed by atoms with Crippen LogP contribution in [0.3, 0.4) is 0 Å². The maximum atomic E-state index is 14.7. The minimum Gasteiger partial charge on any atom is -0.396 e. The first-order chi connectivity index (χ1) is 14.1. The van der Waals surface area contributed by atoms with E-state index in [2.05, 4.69) is 19.9 Å². The lowest BCUT2D eigenvalue weighted by atomic mass is 10.1. The SMILES string of the molecule is O=C1c2sc(-c3ccc(N4CC[C@H](CO)C4)nc3F)nc2CN1c1ncccn1. The third-order valence-corrected chi connectivity index (χ3v) is 6.29. The van der Waals surface area contributed by atoms with Crippen LogP contribution in [0, 0.1) is 11.9 Å². The molecule has 1 saturated heterocycles. The van der Waals surface area contributed by atoms with Crippen LogP contribution in [0.25, 0.3) is 10.6 Å². The molecule has 5 heterocycles. The van der Waals surface area contributed by atoms with Gasteiger partial charge in [0.15, 0.2) is 0 Å². The van der Waals surface area contributed by atoms with E-state index in [0.717, 1.165) is 24.3 Å². The van der Waals surface area contributed by atoms with E-state index in [9.17, 15) is 14.3 Å². The van der Waals surface area contributed by atoms with Crippen molar-refractivity contribution in [2.45, 2.75) is 13.0 Å². The van der Waals surface area contributed by atoms with Crippen LogP contribution < -0.4 is 9.80 Å². The molecule has 0 aliphatic carbocycles. The van der Waals surface area contributed by atoms with Crippen LogP contribution >= 0.6 is 11.3 Å². The van der Waals surface area contributed by atoms with Crippen LogP contribution in [0.15, 0.2) is 30.6 Å². The van der Waals surface area contributed by atoms with E-state index in [-0.39, 0.29) is 30.5 Å². The summed E-state index contributed by atoms with van der Waals surface area (Å²) in [5.41, 5.74) is 0.873. The number of aliphatic hydroxyl groups is 1. The molecular weight excluding hydrogens is 395 g/mol. The third-order valence-electron chi connectivity index (χ3n) is 5.17. The zero-order valence-electron chi connectivity index (χ0n) is 15.3. The predicted molar refractivity (Wildman–Crippen MR) is 105 cm³/mol. The molecule has 0 aromatic carbocycles. The van der Waals surface area contributed by atoms with Gasteiger partial charge in [0.2, 0.25) is 11.9 Å². The average molecular weight is 412 g/mol. The van der Waals surface area contributed by atoms with E-state index in [1.807, 2.05) is 4.90 Å². The van der Waals surface area contributed by atoms with Gasteiger partial charge >= 0.3 is 0 Å². The number of carbonyl (C=O) groups excluding carboxylic acids is 1. The van der Waals surface area contributed by atoms with E-state index < -0.39 is 5.95 Å². The van der Waals surface area contributed by atoms with Crippen molar-refractivity contribution in [3.63, 3.8) is 0 Å². The average Bonchev–Trinajstić information content (AvgIpc) is 3.45. The monoisotopic (exact) mass is 412 g/mol. The number of hydrogen-bond acceptors (Lipinski definition) is 8. The summed E-state index contributed by atoms with van der Waals surface area (Å²) < 4.78 is 14.7. The van der Waals surface area contributed by atoms with Crippen LogP contribution in [0.1, 0.15) is 21.8 Å². The van der Waals surface area contributed by atoms with Crippen molar-refractivity contribution < 1.29 is 14.3 Å². The summed E-state index contributed by atoms with van der Waals surface area (Å²) in [7, 11) is 0. The smallest absolute Gasteiger partial charge is 0.273 e. The first-order valence-corrected chi connectivity index (χ1v) is 10.1. The van der Waals surface area contributed by atoms with Gasteiger partial charge in [-0.05, 0) is 24.6 Å². The van der Waals surface area contributed by atoms with Gasteiger partial charge < -0.3 is 10.0 Å². The largest absolute Gasteiger partial charge is 0.396 e. The summed E-state index contributed by atoms with van der Waals surface area (Å²) in [6.07, 6.45) is 4.02. The molecule has 1 atom stereocenters. The minimum absolute atomic E-state index is 0.126. The number of carbonyl (C=O) groups is 1. The van der Waals surface area contributed by atoms with Crippen molar-refractivity contribution in [3.05, 3.63) is 47.1 Å². The predicted octanol–water partition coefficient (Wildman–Crippen LogP) is 2.11. The highest BCUT2D eigenvalue weighted by Gasteiger charge is 2.34. The van der Waals surface area contributed by atoms with Gasteiger partial charge in [0, 0.05) is 38.0 Å². The zero-order chi connectivity index (χ0) is 20.0. The molecule has 0 radical (unpaired) electrons. The fourth-order valence-electron chi connectivity index (χ4n) is 3.63. The van der Waals surface area contributed by atoms with Crippen molar-refractivity contribution in [2.24, 2.45) is 5.92 Å². The Morgan fingerprint density at radius 1 is 1.24 bits per heavy atom. The Balaban J connectivity index is 1.39. The van der Waals surface area contributed by atoms with Crippen molar-refractivity contribution in [1.29, 1.82) is 0 Å². The second-order valence-corrected chi connectivity index (χ2v) is 8.03. The highest BCUT2D eigenvalue weighted by atomic mass is 32.1. The highest BCUT2D eigenvalue weighted by Crippen LogP contribution is 2.36. The number of hydrogen-bond donors (Lipinski definition) is 1. The van der Waals surface area contributed by atoms with E-state index >= 15 is 0 Å². The Bertz CT molecular complexity index is 1080. The summed E-state index contributed by atoms with van der Waals surface area (Å²) in [4.78, 5) is 33.4. The molecule has 1 fully saturated rings. The Labute approximate surface area is 169 Å². The lowest BCUT2D eigenvalue weighted by Crippen LogP contribution is -2.25. The molecule has 1 N–H and O–H groups in total. The molecule has 0 saturated carbocycles. The molecule has 3 aromatic rings. The topological polar surface area (TPSA) is 95.3 Å². The fraction of sp³-hybridized carbons (Fsp3) is 0.316. The molecule has 1 amide bonds. The quantitative estimate of drug-likeness (QED) is 0.656. The second-order valence-electron chi connectivity index (χ2n) is 7.03. The first kappa shape index (κ1) is 18.1. The van der Waals surface area contributed by atoms with Gasteiger partial charge in [0.1, 0.15) is 15.7 Å². The lowest BCUT2D eigenvalue weighted by Gasteiger charge is -2.17. The number of anilines is 2. The number of aromatic nitrogens is 4. The minimum atomic E-state index is -0.613. The van der Waals surface area contributed by atoms with E-state index in [0.29, 0.717) is 33.9 Å². The van der Waals surface area contributed by atoms with Gasteiger partial charge in [0.05, 0.1) is 17.8 Å². The number of pyridine rings is 1. The van der Waals surface area contributed by atoms with E-state index in [4.69, 9.17) is 0 Å². The van der Waals surface area contributed by atoms with Crippen molar-refractivity contribution in [3.8, 4) is 10.6 Å². The Morgan fingerprint density at radius 3 is 2.76 bits per heavy atom. The molecule has 5 rings (SSSR count). The summed E-state index contributed by atoms with van der Waals surface area (Å²) in [5, 5.41) is 9.71. The molecular formula is C19H17FN6O2S. The van der Waals surface area contributed by atoms with Crippen LogP contribution in [0.4, 0.5) is 16.2 Å². The maximum Gasteiger partial charge on any atom is 0.273 e. The lowest BCUT2D eigenvalue weighted by molar-refractivity contribution is 0.0998. The van der Waals surface area contributed by atoms with Gasteiger partial charge in [0.25, 0.3) is 5.91 Å². The molecule has 2 aliphatic rings. The molecule has 0 bridgehead atoms. The number of amides is 1. The van der Waals surface area contributed by atoms with Crippen molar-refractivity contribution >= 4 is 29.0 Å². The number of rotatable bonds is 4. The van der Waals surface area contributed by atoms with Gasteiger partial charge in [-0.15, -0.1) is 11.3 Å².